The van der Waals surface area contributed by atoms with Crippen molar-refractivity contribution >= 4 is 27.7 Å². The zero-order valence-electron chi connectivity index (χ0n) is 25.8. The summed E-state index contributed by atoms with van der Waals surface area (Å²) in [7, 11) is 1.45. The minimum Gasteiger partial charge on any atom is -0.507 e. The van der Waals surface area contributed by atoms with E-state index >= 15 is 4.39 Å². The summed E-state index contributed by atoms with van der Waals surface area (Å²) in [5.41, 5.74) is -4.22. The molecule has 2 heterocycles. The zero-order chi connectivity index (χ0) is 36.1. The van der Waals surface area contributed by atoms with Crippen LogP contribution in [-0.4, -0.2) is 27.1 Å². The Balaban J connectivity index is 1.47. The first-order valence-electron chi connectivity index (χ1n) is 15.0. The second-order valence-electron chi connectivity index (χ2n) is 11.6. The number of aromatic nitrogens is 2. The second kappa shape index (κ2) is 12.7. The molecule has 1 amide bonds. The number of aryl methyl sites for hydroxylation is 1. The van der Waals surface area contributed by atoms with Crippen LogP contribution in [-0.2, 0) is 25.8 Å². The highest BCUT2D eigenvalue weighted by Crippen LogP contribution is 2.42. The summed E-state index contributed by atoms with van der Waals surface area (Å²) in [6.45, 7) is -0.342. The third-order valence-corrected chi connectivity index (χ3v) is 8.51. The van der Waals surface area contributed by atoms with Gasteiger partial charge in [0.15, 0.2) is 0 Å². The summed E-state index contributed by atoms with van der Waals surface area (Å²) >= 11 is 0. The van der Waals surface area contributed by atoms with Crippen LogP contribution in [0, 0.1) is 11.6 Å². The Hall–Kier alpha value is -5.66. The van der Waals surface area contributed by atoms with Gasteiger partial charge in [-0.25, -0.2) is 8.78 Å². The van der Waals surface area contributed by atoms with Crippen LogP contribution in [0.1, 0.15) is 49.8 Å². The van der Waals surface area contributed by atoms with Crippen molar-refractivity contribution in [1.82, 2.24) is 14.9 Å². The maximum Gasteiger partial charge on any atom is 0.416 e. The fourth-order valence-electron chi connectivity index (χ4n) is 6.18. The number of hydrogen-bond donors (Lipinski definition) is 3. The SMILES string of the molecule is Cn1c(=O)c(C(c2cc(F)ccc2F)c2[nH]c3ccccc3c2CCNC(=O)c2cc(C(F)(F)F)cc(C(F)(F)F)c2)c(O)c2ccccc21. The van der Waals surface area contributed by atoms with Crippen LogP contribution in [0.5, 0.6) is 5.75 Å². The Morgan fingerprint density at radius 1 is 0.860 bits per heavy atom. The number of nitrogens with zero attached hydrogens (tertiary/aromatic N) is 1. The minimum absolute atomic E-state index is 0.0901. The molecular weight excluding hydrogens is 674 g/mol. The van der Waals surface area contributed by atoms with Crippen molar-refractivity contribution in [2.24, 2.45) is 7.05 Å². The van der Waals surface area contributed by atoms with Crippen molar-refractivity contribution in [2.45, 2.75) is 24.7 Å². The van der Waals surface area contributed by atoms with Crippen LogP contribution in [0.4, 0.5) is 35.1 Å². The number of hydrogen-bond acceptors (Lipinski definition) is 3. The lowest BCUT2D eigenvalue weighted by Gasteiger charge is -2.22. The highest BCUT2D eigenvalue weighted by molar-refractivity contribution is 5.95. The Morgan fingerprint density at radius 2 is 1.48 bits per heavy atom. The third-order valence-electron chi connectivity index (χ3n) is 8.51. The van der Waals surface area contributed by atoms with Gasteiger partial charge < -0.3 is 20.0 Å². The van der Waals surface area contributed by atoms with Crippen LogP contribution in [0.3, 0.4) is 0 Å². The Morgan fingerprint density at radius 3 is 2.14 bits per heavy atom. The molecule has 0 aliphatic heterocycles. The molecule has 50 heavy (non-hydrogen) atoms. The highest BCUT2D eigenvalue weighted by Gasteiger charge is 2.38. The van der Waals surface area contributed by atoms with Gasteiger partial charge in [0.05, 0.1) is 28.1 Å². The van der Waals surface area contributed by atoms with Gasteiger partial charge in [0.1, 0.15) is 17.4 Å². The number of nitrogens with one attached hydrogen (secondary N) is 2. The first kappa shape index (κ1) is 34.2. The summed E-state index contributed by atoms with van der Waals surface area (Å²) < 4.78 is 112. The van der Waals surface area contributed by atoms with E-state index < -0.39 is 63.8 Å². The first-order valence-corrected chi connectivity index (χ1v) is 15.0. The lowest BCUT2D eigenvalue weighted by atomic mass is 9.84. The largest absolute Gasteiger partial charge is 0.507 e. The van der Waals surface area contributed by atoms with Gasteiger partial charge in [0.2, 0.25) is 0 Å². The molecular formula is C36H25F8N3O3. The number of carbonyl (C=O) groups is 1. The van der Waals surface area contributed by atoms with E-state index in [0.717, 1.165) is 18.2 Å². The summed E-state index contributed by atoms with van der Waals surface area (Å²) in [4.78, 5) is 30.0. The maximum absolute atomic E-state index is 15.6. The number of H-pyrrole nitrogens is 1. The van der Waals surface area contributed by atoms with E-state index in [2.05, 4.69) is 10.3 Å². The number of carbonyl (C=O) groups excluding carboxylic acids is 1. The Bertz CT molecular complexity index is 2310. The summed E-state index contributed by atoms with van der Waals surface area (Å²) in [5, 5.41) is 14.6. The highest BCUT2D eigenvalue weighted by atomic mass is 19.4. The van der Waals surface area contributed by atoms with Crippen molar-refractivity contribution in [1.29, 1.82) is 0 Å². The topological polar surface area (TPSA) is 87.1 Å². The van der Waals surface area contributed by atoms with E-state index in [1.807, 2.05) is 0 Å². The van der Waals surface area contributed by atoms with E-state index in [1.54, 1.807) is 48.5 Å². The molecule has 1 unspecified atom stereocenters. The summed E-state index contributed by atoms with van der Waals surface area (Å²) in [6, 6.07) is 16.2. The van der Waals surface area contributed by atoms with Crippen LogP contribution in [0.2, 0.25) is 0 Å². The average molecular weight is 700 g/mol. The van der Waals surface area contributed by atoms with Gasteiger partial charge in [0.25, 0.3) is 11.5 Å². The van der Waals surface area contributed by atoms with Crippen LogP contribution in [0.25, 0.3) is 21.8 Å². The standard InChI is InChI=1S/C36H25F8N3O3/c1-47-28-9-5-3-7-24(28)32(48)30(34(47)50)29(25-17-21(37)10-11-26(25)38)31-23(22-6-2-4-8-27(22)46-31)12-13-45-33(49)18-14-19(35(39,40)41)16-20(15-18)36(42,43)44/h2-11,14-17,29,46,48H,12-13H2,1H3,(H,45,49). The van der Waals surface area contributed by atoms with Gasteiger partial charge in [0, 0.05) is 46.7 Å². The number of alkyl halides is 6. The molecule has 0 aliphatic rings. The van der Waals surface area contributed by atoms with E-state index in [9.17, 15) is 45.4 Å². The van der Waals surface area contributed by atoms with Gasteiger partial charge in [-0.05, 0) is 66.6 Å². The van der Waals surface area contributed by atoms with Crippen molar-refractivity contribution in [2.75, 3.05) is 6.54 Å². The van der Waals surface area contributed by atoms with Gasteiger partial charge in [-0.15, -0.1) is 0 Å². The predicted octanol–water partition coefficient (Wildman–Crippen LogP) is 8.19. The molecule has 0 radical (unpaired) electrons. The number of pyridine rings is 1. The van der Waals surface area contributed by atoms with Crippen molar-refractivity contribution < 1.29 is 45.0 Å². The van der Waals surface area contributed by atoms with E-state index in [1.165, 1.54) is 11.6 Å². The number of rotatable bonds is 7. The predicted molar refractivity (Wildman–Crippen MR) is 169 cm³/mol. The van der Waals surface area contributed by atoms with Gasteiger partial charge in [-0.3, -0.25) is 9.59 Å². The van der Waals surface area contributed by atoms with Gasteiger partial charge in [-0.2, -0.15) is 26.3 Å². The fraction of sp³-hybridized carbons (Fsp3) is 0.167. The molecule has 0 bridgehead atoms. The van der Waals surface area contributed by atoms with Crippen LogP contribution >= 0.6 is 0 Å². The number of aromatic amines is 1. The maximum atomic E-state index is 15.6. The lowest BCUT2D eigenvalue weighted by Crippen LogP contribution is -2.28. The number of fused-ring (bicyclic) bond motifs is 2. The molecule has 3 N–H and O–H groups in total. The third kappa shape index (κ3) is 6.28. The van der Waals surface area contributed by atoms with Gasteiger partial charge >= 0.3 is 12.4 Å². The minimum atomic E-state index is -5.16. The van der Waals surface area contributed by atoms with Crippen molar-refractivity contribution in [3.8, 4) is 5.75 Å². The van der Waals surface area contributed by atoms with E-state index in [4.69, 9.17) is 0 Å². The molecule has 14 heteroatoms. The van der Waals surface area contributed by atoms with E-state index in [-0.39, 0.29) is 41.2 Å². The quantitative estimate of drug-likeness (QED) is 0.147. The molecule has 0 saturated carbocycles. The molecule has 2 aromatic heterocycles. The monoisotopic (exact) mass is 699 g/mol. The number of halogens is 8. The fourth-order valence-corrected chi connectivity index (χ4v) is 6.18. The van der Waals surface area contributed by atoms with Crippen LogP contribution < -0.4 is 10.9 Å². The molecule has 0 aliphatic carbocycles. The molecule has 6 rings (SSSR count). The van der Waals surface area contributed by atoms with Crippen molar-refractivity contribution in [3.63, 3.8) is 0 Å². The average Bonchev–Trinajstić information content (AvgIpc) is 3.43. The Labute approximate surface area is 277 Å². The molecule has 4 aromatic carbocycles. The normalized spacial score (nSPS) is 12.8. The van der Waals surface area contributed by atoms with E-state index in [0.29, 0.717) is 34.1 Å². The molecule has 6 aromatic rings. The second-order valence-corrected chi connectivity index (χ2v) is 11.6. The molecule has 1 atom stereocenters. The molecule has 0 fully saturated rings. The molecule has 0 spiro atoms. The van der Waals surface area contributed by atoms with Gasteiger partial charge in [-0.1, -0.05) is 30.3 Å². The molecule has 0 saturated heterocycles. The lowest BCUT2D eigenvalue weighted by molar-refractivity contribution is -0.143. The number of aromatic hydroxyl groups is 1. The number of benzene rings is 4. The molecule has 6 nitrogen and oxygen atoms in total. The zero-order valence-corrected chi connectivity index (χ0v) is 25.8. The van der Waals surface area contributed by atoms with Crippen LogP contribution in [0.15, 0.2) is 89.7 Å². The van der Waals surface area contributed by atoms with Crippen molar-refractivity contribution in [3.05, 3.63) is 146 Å². The number of para-hydroxylation sites is 2. The molecule has 258 valence electrons. The smallest absolute Gasteiger partial charge is 0.416 e. The summed E-state index contributed by atoms with van der Waals surface area (Å²) in [5.74, 6) is -4.91. The Kier molecular flexibility index (Phi) is 8.66. The summed E-state index contributed by atoms with van der Waals surface area (Å²) in [6.07, 6.45) is -10.5. The number of amides is 1. The first-order chi connectivity index (χ1) is 23.6.